The number of benzene rings is 1. The van der Waals surface area contributed by atoms with Gasteiger partial charge in [-0.1, -0.05) is 32.0 Å². The Morgan fingerprint density at radius 3 is 1.84 bits per heavy atom. The lowest BCUT2D eigenvalue weighted by Crippen LogP contribution is -2.40. The van der Waals surface area contributed by atoms with Gasteiger partial charge >= 0.3 is 12.1 Å². The first-order valence-electron chi connectivity index (χ1n) is 24.0. The van der Waals surface area contributed by atoms with E-state index in [2.05, 4.69) is 28.5 Å². The fraction of sp³-hybridized carbons (Fsp3) is 0.500. The summed E-state index contributed by atoms with van der Waals surface area (Å²) in [6.45, 7) is 11.9. The maximum atomic E-state index is 13.4. The van der Waals surface area contributed by atoms with Crippen molar-refractivity contribution in [2.75, 3.05) is 69.2 Å². The van der Waals surface area contributed by atoms with E-state index in [1.807, 2.05) is 55.7 Å². The van der Waals surface area contributed by atoms with Crippen LogP contribution in [0, 0.1) is 23.2 Å². The number of hydrogen-bond donors (Lipinski definition) is 1. The number of ether oxygens (including phenoxy) is 4. The smallest absolute Gasteiger partial charge is 0.410 e. The second-order valence-electron chi connectivity index (χ2n) is 18.2. The van der Waals surface area contributed by atoms with Crippen molar-refractivity contribution < 1.29 is 38.1 Å². The molecule has 0 aliphatic carbocycles. The van der Waals surface area contributed by atoms with E-state index in [-0.39, 0.29) is 41.9 Å². The van der Waals surface area contributed by atoms with Gasteiger partial charge in [-0.25, -0.2) is 24.5 Å². The molecule has 17 nitrogen and oxygen atoms in total. The van der Waals surface area contributed by atoms with E-state index in [0.717, 1.165) is 97.2 Å². The van der Waals surface area contributed by atoms with Gasteiger partial charge in [-0.15, -0.1) is 0 Å². The summed E-state index contributed by atoms with van der Waals surface area (Å²) >= 11 is 0. The Labute approximate surface area is 405 Å². The second-order valence-corrected chi connectivity index (χ2v) is 18.2. The predicted octanol–water partition coefficient (Wildman–Crippen LogP) is 8.10. The van der Waals surface area contributed by atoms with Crippen LogP contribution in [0.5, 0.6) is 5.75 Å². The molecule has 4 unspecified atom stereocenters. The van der Waals surface area contributed by atoms with Crippen molar-refractivity contribution >= 4 is 41.4 Å². The van der Waals surface area contributed by atoms with E-state index < -0.39 is 6.09 Å². The van der Waals surface area contributed by atoms with Gasteiger partial charge in [-0.2, -0.15) is 5.26 Å². The Hall–Kier alpha value is -6.48. The van der Waals surface area contributed by atoms with Gasteiger partial charge in [0.15, 0.2) is 0 Å². The first kappa shape index (κ1) is 50.4. The van der Waals surface area contributed by atoms with Crippen LogP contribution in [0.2, 0.25) is 0 Å². The molecular formula is C52H65N9O8. The number of aromatic nitrogens is 3. The average molecular weight is 944 g/mol. The summed E-state index contributed by atoms with van der Waals surface area (Å²) in [7, 11) is 4.91. The number of rotatable bonds is 14. The number of para-hydroxylation sites is 1. The number of fused-ring (bicyclic) bond motifs is 2. The number of methoxy groups -OCH3 is 3. The number of anilines is 3. The lowest BCUT2D eigenvalue weighted by Gasteiger charge is -2.31. The number of amides is 5. The molecule has 7 heterocycles. The summed E-state index contributed by atoms with van der Waals surface area (Å²) in [4.78, 5) is 72.5. The van der Waals surface area contributed by atoms with Crippen molar-refractivity contribution in [1.29, 1.82) is 5.26 Å². The summed E-state index contributed by atoms with van der Waals surface area (Å²) in [5.74, 6) is 2.57. The van der Waals surface area contributed by atoms with Gasteiger partial charge < -0.3 is 28.7 Å². The molecule has 4 aliphatic rings. The van der Waals surface area contributed by atoms with Gasteiger partial charge in [0.2, 0.25) is 11.8 Å². The fourth-order valence-corrected chi connectivity index (χ4v) is 9.29. The molecule has 1 N–H and O–H groups in total. The lowest BCUT2D eigenvalue weighted by atomic mass is 10.00. The number of nitrogens with one attached hydrogen (secondary N) is 1. The molecule has 8 rings (SSSR count). The highest BCUT2D eigenvalue weighted by atomic mass is 16.6. The number of nitrogens with zero attached hydrogens (tertiary/aromatic N) is 8. The van der Waals surface area contributed by atoms with Crippen LogP contribution in [0.25, 0.3) is 0 Å². The third kappa shape index (κ3) is 11.9. The van der Waals surface area contributed by atoms with Crippen LogP contribution in [0.4, 0.5) is 27.0 Å². The molecular weight excluding hydrogens is 879 g/mol. The van der Waals surface area contributed by atoms with Crippen LogP contribution in [0.3, 0.4) is 0 Å². The molecule has 4 aromatic rings. The van der Waals surface area contributed by atoms with Crippen molar-refractivity contribution in [1.82, 2.24) is 24.8 Å². The minimum absolute atomic E-state index is 0.0411. The van der Waals surface area contributed by atoms with E-state index in [4.69, 9.17) is 28.9 Å². The van der Waals surface area contributed by atoms with Crippen molar-refractivity contribution in [3.63, 3.8) is 0 Å². The molecule has 1 aromatic carbocycles. The second kappa shape index (κ2) is 23.2. The van der Waals surface area contributed by atoms with Gasteiger partial charge in [-0.05, 0) is 123 Å². The minimum atomic E-state index is -0.438. The van der Waals surface area contributed by atoms with Gasteiger partial charge in [-0.3, -0.25) is 24.7 Å². The van der Waals surface area contributed by atoms with Crippen LogP contribution in [0.1, 0.15) is 117 Å². The number of hydrogen-bond acceptors (Lipinski definition) is 12. The molecule has 0 radical (unpaired) electrons. The van der Waals surface area contributed by atoms with Crippen molar-refractivity contribution in [3.8, 4) is 11.8 Å². The van der Waals surface area contributed by atoms with E-state index in [1.165, 1.54) is 6.20 Å². The Kier molecular flexibility index (Phi) is 17.0. The highest BCUT2D eigenvalue weighted by molar-refractivity contribution is 6.01. The molecule has 0 spiro atoms. The Morgan fingerprint density at radius 1 is 0.783 bits per heavy atom. The molecule has 5 amide bonds. The van der Waals surface area contributed by atoms with Crippen LogP contribution in [0.15, 0.2) is 54.7 Å². The van der Waals surface area contributed by atoms with E-state index in [1.54, 1.807) is 49.3 Å². The summed E-state index contributed by atoms with van der Waals surface area (Å²) < 4.78 is 21.9. The maximum Gasteiger partial charge on any atom is 0.420 e. The molecule has 0 bridgehead atoms. The molecule has 4 aliphatic heterocycles. The third-order valence-corrected chi connectivity index (χ3v) is 13.4. The summed E-state index contributed by atoms with van der Waals surface area (Å²) in [6, 6.07) is 16.8. The summed E-state index contributed by atoms with van der Waals surface area (Å²) in [6.07, 6.45) is 6.89. The molecule has 0 saturated carbocycles. The first-order chi connectivity index (χ1) is 33.3. The van der Waals surface area contributed by atoms with E-state index in [9.17, 15) is 24.4 Å². The molecule has 2 saturated heterocycles. The number of pyridine rings is 3. The first-order valence-corrected chi connectivity index (χ1v) is 24.0. The van der Waals surface area contributed by atoms with Gasteiger partial charge in [0.25, 0.3) is 0 Å². The fourth-order valence-electron chi connectivity index (χ4n) is 9.29. The number of carbonyl (C=O) groups excluding carboxylic acids is 4. The quantitative estimate of drug-likeness (QED) is 0.120. The molecule has 3 aromatic heterocycles. The lowest BCUT2D eigenvalue weighted by molar-refractivity contribution is -0.131. The maximum absolute atomic E-state index is 13.4. The Bertz CT molecular complexity index is 2530. The van der Waals surface area contributed by atoms with Crippen LogP contribution in [-0.4, -0.2) is 103 Å². The predicted molar refractivity (Wildman–Crippen MR) is 260 cm³/mol. The zero-order valence-corrected chi connectivity index (χ0v) is 41.0. The van der Waals surface area contributed by atoms with Gasteiger partial charge in [0.05, 0.1) is 29.2 Å². The number of carbonyl (C=O) groups is 4. The van der Waals surface area contributed by atoms with Gasteiger partial charge in [0.1, 0.15) is 29.3 Å². The monoisotopic (exact) mass is 943 g/mol. The Balaban J connectivity index is 0.000000208. The Morgan fingerprint density at radius 2 is 1.33 bits per heavy atom. The summed E-state index contributed by atoms with van der Waals surface area (Å²) in [5, 5.41) is 12.3. The molecule has 17 heteroatoms. The average Bonchev–Trinajstić information content (AvgIpc) is 3.86. The largest absolute Gasteiger partial charge is 0.420 e. The van der Waals surface area contributed by atoms with E-state index >= 15 is 0 Å². The number of likely N-dealkylation sites (tertiary alicyclic amines) is 2. The number of urea groups is 1. The minimum Gasteiger partial charge on any atom is -0.410 e. The molecule has 366 valence electrons. The number of nitriles is 1. The zero-order valence-electron chi connectivity index (χ0n) is 41.0. The normalized spacial score (nSPS) is 18.5. The van der Waals surface area contributed by atoms with Crippen molar-refractivity contribution in [2.24, 2.45) is 11.8 Å². The SMILES string of the molecule is COC(C)c1nc2c(cc1CN1CCC(C)C1=O)CCCN2C(=O)Oc1ccccc1.COCCCc1cc(NC(=O)N2CCCc3cc(CN4CCC(C)C4=O)c(C(C)OC)nc32)ncc1C#N. The molecule has 2 fully saturated rings. The molecule has 69 heavy (non-hydrogen) atoms. The summed E-state index contributed by atoms with van der Waals surface area (Å²) in [5.41, 5.74) is 6.70. The van der Waals surface area contributed by atoms with Crippen molar-refractivity contribution in [2.45, 2.75) is 104 Å². The highest BCUT2D eigenvalue weighted by Crippen LogP contribution is 2.35. The third-order valence-electron chi connectivity index (χ3n) is 13.4. The van der Waals surface area contributed by atoms with Crippen LogP contribution < -0.4 is 19.9 Å². The number of aryl methyl sites for hydroxylation is 3. The van der Waals surface area contributed by atoms with Gasteiger partial charge in [0, 0.05) is 85.2 Å². The van der Waals surface area contributed by atoms with Crippen LogP contribution in [-0.2, 0) is 56.2 Å². The standard InChI is InChI=1S/C28H36N6O4.C24H29N3O4/c1-18-9-11-33(27(18)35)17-22-13-21-7-5-10-34(26(21)32-25(22)19(2)38-4)28(36)31-24-14-20(8-6-12-37-3)23(15-29)16-30-24;1-16-11-13-26(23(16)28)15-19-14-18-8-7-12-27(22(18)25-21(19)17(2)30-3)24(29)31-20-9-5-4-6-10-20/h13-14,16,18-19H,5-12,17H2,1-4H3,(H,30,31,36);4-6,9-10,14,16-17H,7-8,11-13,15H2,1-3H3. The molecule has 4 atom stereocenters. The topological polar surface area (TPSA) is 193 Å². The van der Waals surface area contributed by atoms with Crippen molar-refractivity contribution in [3.05, 3.63) is 99.5 Å². The highest BCUT2D eigenvalue weighted by Gasteiger charge is 2.34. The van der Waals surface area contributed by atoms with Crippen LogP contribution >= 0.6 is 0 Å². The zero-order chi connectivity index (χ0) is 49.2. The van der Waals surface area contributed by atoms with E-state index in [0.29, 0.717) is 68.0 Å².